The fourth-order valence-corrected chi connectivity index (χ4v) is 10.2. The number of anilines is 3. The maximum absolute atomic E-state index is 4.52. The van der Waals surface area contributed by atoms with Gasteiger partial charge in [0.2, 0.25) is 0 Å². The van der Waals surface area contributed by atoms with Crippen molar-refractivity contribution in [1.82, 2.24) is 4.98 Å². The third kappa shape index (κ3) is 4.63. The maximum atomic E-state index is 4.52. The normalized spacial score (nSPS) is 14.6. The lowest BCUT2D eigenvalue weighted by Crippen LogP contribution is -2.27. The minimum absolute atomic E-state index is 0.459. The first-order chi connectivity index (χ1) is 28.8. The monoisotopic (exact) mass is 736 g/mol. The molecule has 270 valence electrons. The van der Waals surface area contributed by atoms with Gasteiger partial charge in [-0.15, -0.1) is 0 Å². The first kappa shape index (κ1) is 32.7. The van der Waals surface area contributed by atoms with Gasteiger partial charge in [0.15, 0.2) is 0 Å². The number of aromatic nitrogens is 1. The summed E-state index contributed by atoms with van der Waals surface area (Å²) in [6.07, 6.45) is 3.77. The van der Waals surface area contributed by atoms with Crippen LogP contribution in [0.3, 0.4) is 0 Å². The molecule has 9 aromatic carbocycles. The molecule has 2 aliphatic carbocycles. The quantitative estimate of drug-likeness (QED) is 0.175. The molecule has 0 N–H and O–H groups in total. The second-order valence-electron chi connectivity index (χ2n) is 15.5. The van der Waals surface area contributed by atoms with Gasteiger partial charge in [0, 0.05) is 17.3 Å². The van der Waals surface area contributed by atoms with Crippen molar-refractivity contribution in [3.8, 4) is 44.5 Å². The average molecular weight is 737 g/mol. The smallest absolute Gasteiger partial charge is 0.0737 e. The highest BCUT2D eigenvalue weighted by molar-refractivity contribution is 6.06. The Bertz CT molecular complexity index is 3220. The number of fused-ring (bicyclic) bond motifs is 13. The van der Waals surface area contributed by atoms with Crippen LogP contribution >= 0.6 is 0 Å². The van der Waals surface area contributed by atoms with E-state index in [1.54, 1.807) is 0 Å². The summed E-state index contributed by atoms with van der Waals surface area (Å²) in [5, 5.41) is 4.98. The fraction of sp³-hybridized carbons (Fsp3) is 0.0179. The summed E-state index contributed by atoms with van der Waals surface area (Å²) in [7, 11) is 0. The van der Waals surface area contributed by atoms with E-state index in [2.05, 4.69) is 210 Å². The molecule has 0 fully saturated rings. The largest absolute Gasteiger partial charge is 0.308 e. The van der Waals surface area contributed by atoms with E-state index in [0.717, 1.165) is 22.6 Å². The van der Waals surface area contributed by atoms with Gasteiger partial charge in [0.1, 0.15) is 0 Å². The van der Waals surface area contributed by atoms with E-state index >= 15 is 0 Å². The van der Waals surface area contributed by atoms with Crippen LogP contribution in [0.4, 0.5) is 17.1 Å². The molecule has 0 saturated carbocycles. The lowest BCUT2D eigenvalue weighted by Gasteiger charge is -2.33. The SMILES string of the molecule is c1cncc(N(c2cccc(-c3ccc(-c4cccc5c4C4(c6ccccc6-5)c5ccccc5-c5ccc6ccccc6c54)cc3)c2)c2cccc3ccccc23)c1. The van der Waals surface area contributed by atoms with Crippen molar-refractivity contribution in [1.29, 1.82) is 0 Å². The molecular weight excluding hydrogens is 701 g/mol. The summed E-state index contributed by atoms with van der Waals surface area (Å²) in [4.78, 5) is 6.84. The first-order valence-corrected chi connectivity index (χ1v) is 20.0. The third-order valence-corrected chi connectivity index (χ3v) is 12.5. The van der Waals surface area contributed by atoms with Crippen molar-refractivity contribution in [3.05, 3.63) is 241 Å². The lowest BCUT2D eigenvalue weighted by molar-refractivity contribution is 0.803. The van der Waals surface area contributed by atoms with E-state index in [1.165, 1.54) is 82.7 Å². The van der Waals surface area contributed by atoms with E-state index in [-0.39, 0.29) is 0 Å². The second kappa shape index (κ2) is 12.7. The standard InChI is InChI=1S/C56H36N2/c1-3-19-44-38(13-1)15-10-27-53(44)58(43-18-12-34-57-36-43)42-17-9-16-41(35-42)37-28-30-40(31-29-37)46-23-11-24-49-47-21-5-7-25-51(47)56(54(46)49)52-26-8-6-22-48(52)50-33-32-39-14-2-4-20-45(39)55(50)56/h1-36H. The number of hydrogen-bond acceptors (Lipinski definition) is 2. The molecule has 0 bridgehead atoms. The van der Waals surface area contributed by atoms with Crippen molar-refractivity contribution < 1.29 is 0 Å². The Morgan fingerprint density at radius 2 is 0.948 bits per heavy atom. The van der Waals surface area contributed by atoms with Crippen LogP contribution in [0.25, 0.3) is 66.1 Å². The maximum Gasteiger partial charge on any atom is 0.0737 e. The predicted molar refractivity (Wildman–Crippen MR) is 241 cm³/mol. The fourth-order valence-electron chi connectivity index (χ4n) is 10.2. The van der Waals surface area contributed by atoms with Crippen LogP contribution in [0.15, 0.2) is 219 Å². The first-order valence-electron chi connectivity index (χ1n) is 20.0. The zero-order chi connectivity index (χ0) is 38.2. The van der Waals surface area contributed by atoms with Gasteiger partial charge in [0.25, 0.3) is 0 Å². The molecule has 12 rings (SSSR count). The van der Waals surface area contributed by atoms with Crippen LogP contribution in [0.2, 0.25) is 0 Å². The summed E-state index contributed by atoms with van der Waals surface area (Å²) in [5.41, 5.74) is 18.3. The molecule has 1 spiro atoms. The van der Waals surface area contributed by atoms with Gasteiger partial charge in [0.05, 0.1) is 23.0 Å². The Morgan fingerprint density at radius 3 is 1.72 bits per heavy atom. The van der Waals surface area contributed by atoms with Crippen LogP contribution in [0, 0.1) is 0 Å². The van der Waals surface area contributed by atoms with Crippen molar-refractivity contribution in [2.75, 3.05) is 4.90 Å². The minimum atomic E-state index is -0.459. The molecule has 1 atom stereocenters. The lowest BCUT2D eigenvalue weighted by atomic mass is 9.67. The van der Waals surface area contributed by atoms with Gasteiger partial charge < -0.3 is 4.90 Å². The van der Waals surface area contributed by atoms with Gasteiger partial charge in [-0.2, -0.15) is 0 Å². The molecule has 1 heterocycles. The topological polar surface area (TPSA) is 16.1 Å². The molecule has 10 aromatic rings. The van der Waals surface area contributed by atoms with E-state index in [9.17, 15) is 0 Å². The van der Waals surface area contributed by atoms with Crippen LogP contribution in [-0.2, 0) is 5.41 Å². The Balaban J connectivity index is 1.02. The molecule has 2 nitrogen and oxygen atoms in total. The van der Waals surface area contributed by atoms with Gasteiger partial charge >= 0.3 is 0 Å². The zero-order valence-electron chi connectivity index (χ0n) is 31.7. The molecule has 0 radical (unpaired) electrons. The van der Waals surface area contributed by atoms with Crippen molar-refractivity contribution in [3.63, 3.8) is 0 Å². The summed E-state index contributed by atoms with van der Waals surface area (Å²) >= 11 is 0. The van der Waals surface area contributed by atoms with Crippen LogP contribution in [-0.4, -0.2) is 4.98 Å². The summed E-state index contributed by atoms with van der Waals surface area (Å²) in [5.74, 6) is 0. The Kier molecular flexibility index (Phi) is 7.18. The van der Waals surface area contributed by atoms with Gasteiger partial charge in [-0.1, -0.05) is 176 Å². The highest BCUT2D eigenvalue weighted by Crippen LogP contribution is 2.65. The summed E-state index contributed by atoms with van der Waals surface area (Å²) < 4.78 is 0. The van der Waals surface area contributed by atoms with E-state index in [1.807, 2.05) is 18.5 Å². The molecular formula is C56H36N2. The Morgan fingerprint density at radius 1 is 0.362 bits per heavy atom. The summed E-state index contributed by atoms with van der Waals surface area (Å²) in [6, 6.07) is 76.0. The Labute approximate surface area is 338 Å². The second-order valence-corrected chi connectivity index (χ2v) is 15.5. The van der Waals surface area contributed by atoms with Crippen LogP contribution < -0.4 is 4.90 Å². The van der Waals surface area contributed by atoms with Gasteiger partial charge in [-0.05, 0) is 113 Å². The molecule has 0 aliphatic heterocycles. The molecule has 2 aliphatic rings. The number of nitrogens with zero attached hydrogens (tertiary/aromatic N) is 2. The Hall–Kier alpha value is -7.55. The number of benzene rings is 9. The van der Waals surface area contributed by atoms with Gasteiger partial charge in [-0.3, -0.25) is 4.98 Å². The molecule has 0 saturated heterocycles. The average Bonchev–Trinajstić information content (AvgIpc) is 3.77. The van der Waals surface area contributed by atoms with Crippen molar-refractivity contribution in [2.24, 2.45) is 0 Å². The number of pyridine rings is 1. The van der Waals surface area contributed by atoms with E-state index < -0.39 is 5.41 Å². The number of rotatable bonds is 5. The van der Waals surface area contributed by atoms with E-state index in [4.69, 9.17) is 0 Å². The molecule has 1 unspecified atom stereocenters. The zero-order valence-corrected chi connectivity index (χ0v) is 31.7. The minimum Gasteiger partial charge on any atom is -0.308 e. The molecule has 1 aromatic heterocycles. The highest BCUT2D eigenvalue weighted by atomic mass is 15.1. The van der Waals surface area contributed by atoms with Crippen molar-refractivity contribution in [2.45, 2.75) is 5.41 Å². The molecule has 2 heteroatoms. The molecule has 0 amide bonds. The van der Waals surface area contributed by atoms with Crippen LogP contribution in [0.5, 0.6) is 0 Å². The predicted octanol–water partition coefficient (Wildman–Crippen LogP) is 14.5. The van der Waals surface area contributed by atoms with Crippen LogP contribution in [0.1, 0.15) is 22.3 Å². The number of hydrogen-bond donors (Lipinski definition) is 0. The highest BCUT2D eigenvalue weighted by Gasteiger charge is 2.53. The third-order valence-electron chi connectivity index (χ3n) is 12.5. The summed E-state index contributed by atoms with van der Waals surface area (Å²) in [6.45, 7) is 0. The molecule has 58 heavy (non-hydrogen) atoms. The van der Waals surface area contributed by atoms with Crippen molar-refractivity contribution >= 4 is 38.6 Å². The van der Waals surface area contributed by atoms with Gasteiger partial charge in [-0.25, -0.2) is 0 Å². The van der Waals surface area contributed by atoms with E-state index in [0.29, 0.717) is 0 Å².